The summed E-state index contributed by atoms with van der Waals surface area (Å²) in [7, 11) is 0. The van der Waals surface area contributed by atoms with Gasteiger partial charge in [-0.1, -0.05) is 18.9 Å². The molecule has 1 aromatic heterocycles. The molecule has 1 fully saturated rings. The predicted molar refractivity (Wildman–Crippen MR) is 99.4 cm³/mol. The molecule has 1 amide bonds. The van der Waals surface area contributed by atoms with E-state index in [0.717, 1.165) is 35.2 Å². The van der Waals surface area contributed by atoms with Crippen LogP contribution < -0.4 is 11.1 Å². The van der Waals surface area contributed by atoms with E-state index < -0.39 is 0 Å². The van der Waals surface area contributed by atoms with Gasteiger partial charge in [-0.25, -0.2) is 4.98 Å². The van der Waals surface area contributed by atoms with Gasteiger partial charge in [0.05, 0.1) is 5.56 Å². The van der Waals surface area contributed by atoms with E-state index in [1.165, 1.54) is 12.8 Å². The first-order valence-electron chi connectivity index (χ1n) is 8.68. The van der Waals surface area contributed by atoms with Gasteiger partial charge < -0.3 is 11.1 Å². The number of aromatic nitrogens is 1. The maximum atomic E-state index is 12.2. The Balaban J connectivity index is 1.74. The third-order valence-corrected chi connectivity index (χ3v) is 4.85. The van der Waals surface area contributed by atoms with E-state index in [2.05, 4.69) is 10.3 Å². The second-order valence-electron chi connectivity index (χ2n) is 6.75. The average molecular weight is 337 g/mol. The molecule has 0 bridgehead atoms. The molecule has 0 spiro atoms. The molecule has 1 saturated carbocycles. The molecular weight excluding hydrogens is 314 g/mol. The minimum Gasteiger partial charge on any atom is -0.383 e. The van der Waals surface area contributed by atoms with Gasteiger partial charge in [-0.3, -0.25) is 9.59 Å². The van der Waals surface area contributed by atoms with Crippen LogP contribution in [-0.2, 0) is 4.79 Å². The van der Waals surface area contributed by atoms with Crippen molar-refractivity contribution in [2.24, 2.45) is 5.92 Å². The Morgan fingerprint density at radius 1 is 1.32 bits per heavy atom. The topological polar surface area (TPSA) is 85.1 Å². The number of aryl methyl sites for hydroxylation is 1. The molecule has 3 rings (SSSR count). The zero-order valence-electron chi connectivity index (χ0n) is 14.4. The smallest absolute Gasteiger partial charge is 0.224 e. The number of nitrogens with zero attached hydrogens (tertiary/aromatic N) is 1. The number of carbonyl (C=O) groups excluding carboxylic acids is 2. The van der Waals surface area contributed by atoms with E-state index in [0.29, 0.717) is 24.2 Å². The molecule has 1 heterocycles. The molecule has 25 heavy (non-hydrogen) atoms. The second kappa shape index (κ2) is 7.47. The van der Waals surface area contributed by atoms with Crippen molar-refractivity contribution in [2.45, 2.75) is 39.0 Å². The predicted octanol–water partition coefficient (Wildman–Crippen LogP) is 3.97. The van der Waals surface area contributed by atoms with Gasteiger partial charge in [-0.15, -0.1) is 0 Å². The van der Waals surface area contributed by atoms with E-state index >= 15 is 0 Å². The summed E-state index contributed by atoms with van der Waals surface area (Å²) in [4.78, 5) is 27.3. The number of aldehydes is 1. The number of rotatable bonds is 5. The Morgan fingerprint density at radius 3 is 2.76 bits per heavy atom. The van der Waals surface area contributed by atoms with Gasteiger partial charge in [0.1, 0.15) is 5.82 Å². The van der Waals surface area contributed by atoms with Gasteiger partial charge in [0, 0.05) is 23.9 Å². The van der Waals surface area contributed by atoms with Gasteiger partial charge in [0.15, 0.2) is 6.29 Å². The van der Waals surface area contributed by atoms with E-state index in [4.69, 9.17) is 5.73 Å². The third kappa shape index (κ3) is 4.05. The minimum absolute atomic E-state index is 0.0800. The van der Waals surface area contributed by atoms with Crippen molar-refractivity contribution in [2.75, 3.05) is 11.1 Å². The summed E-state index contributed by atoms with van der Waals surface area (Å²) in [6, 6.07) is 7.49. The number of hydrogen-bond donors (Lipinski definition) is 2. The largest absolute Gasteiger partial charge is 0.383 e. The lowest BCUT2D eigenvalue weighted by atomic mass is 10.00. The summed E-state index contributed by atoms with van der Waals surface area (Å²) < 4.78 is 0. The Bertz CT molecular complexity index is 796. The Morgan fingerprint density at radius 2 is 2.08 bits per heavy atom. The van der Waals surface area contributed by atoms with Crippen molar-refractivity contribution in [3.8, 4) is 11.1 Å². The Hall–Kier alpha value is -2.69. The molecule has 5 nitrogen and oxygen atoms in total. The Kier molecular flexibility index (Phi) is 5.12. The van der Waals surface area contributed by atoms with Crippen molar-refractivity contribution in [1.82, 2.24) is 4.98 Å². The number of hydrogen-bond acceptors (Lipinski definition) is 4. The molecule has 1 aliphatic rings. The van der Waals surface area contributed by atoms with Gasteiger partial charge in [-0.05, 0) is 55.0 Å². The minimum atomic E-state index is 0.0800. The van der Waals surface area contributed by atoms with Crippen LogP contribution in [0.15, 0.2) is 30.5 Å². The molecular formula is C20H23N3O2. The molecule has 0 unspecified atom stereocenters. The van der Waals surface area contributed by atoms with Crippen LogP contribution in [0.5, 0.6) is 0 Å². The summed E-state index contributed by atoms with van der Waals surface area (Å²) in [6.45, 7) is 1.97. The first-order valence-corrected chi connectivity index (χ1v) is 8.68. The zero-order valence-corrected chi connectivity index (χ0v) is 14.4. The van der Waals surface area contributed by atoms with Crippen molar-refractivity contribution < 1.29 is 9.59 Å². The van der Waals surface area contributed by atoms with E-state index in [9.17, 15) is 9.59 Å². The molecule has 0 atom stereocenters. The standard InChI is InChI=1S/C20H23N3O2/c1-13-8-17(23-19(25)9-14-4-2-3-5-14)6-7-18(13)15-10-16(12-24)20(21)22-11-15/h6-8,10-12,14H,2-5,9H2,1H3,(H2,21,22)(H,23,25). The second-order valence-corrected chi connectivity index (χ2v) is 6.75. The van der Waals surface area contributed by atoms with Gasteiger partial charge in [-0.2, -0.15) is 0 Å². The number of carbonyl (C=O) groups is 2. The SMILES string of the molecule is Cc1cc(NC(=O)CC2CCCC2)ccc1-c1cnc(N)c(C=O)c1. The van der Waals surface area contributed by atoms with Crippen molar-refractivity contribution in [3.63, 3.8) is 0 Å². The quantitative estimate of drug-likeness (QED) is 0.808. The molecule has 0 aliphatic heterocycles. The first kappa shape index (κ1) is 17.1. The summed E-state index contributed by atoms with van der Waals surface area (Å²) in [6.07, 6.45) is 7.77. The lowest BCUT2D eigenvalue weighted by Crippen LogP contribution is -2.15. The maximum Gasteiger partial charge on any atom is 0.224 e. The summed E-state index contributed by atoms with van der Waals surface area (Å²) in [5.41, 5.74) is 9.64. The summed E-state index contributed by atoms with van der Waals surface area (Å²) in [5, 5.41) is 2.99. The molecule has 5 heteroatoms. The van der Waals surface area contributed by atoms with Gasteiger partial charge in [0.2, 0.25) is 5.91 Å². The molecule has 0 saturated heterocycles. The average Bonchev–Trinajstić information content (AvgIpc) is 3.08. The molecule has 130 valence electrons. The number of nitrogens with two attached hydrogens (primary N) is 1. The highest BCUT2D eigenvalue weighted by atomic mass is 16.1. The maximum absolute atomic E-state index is 12.2. The first-order chi connectivity index (χ1) is 12.1. The highest BCUT2D eigenvalue weighted by molar-refractivity contribution is 5.91. The molecule has 3 N–H and O–H groups in total. The normalized spacial score (nSPS) is 14.4. The monoisotopic (exact) mass is 337 g/mol. The van der Waals surface area contributed by atoms with Crippen molar-refractivity contribution in [3.05, 3.63) is 41.6 Å². The van der Waals surface area contributed by atoms with Crippen LogP contribution in [-0.4, -0.2) is 17.2 Å². The fraction of sp³-hybridized carbons (Fsp3) is 0.350. The molecule has 2 aromatic rings. The van der Waals surface area contributed by atoms with Crippen LogP contribution in [0.1, 0.15) is 48.0 Å². The number of anilines is 2. The lowest BCUT2D eigenvalue weighted by molar-refractivity contribution is -0.117. The number of pyridine rings is 1. The van der Waals surface area contributed by atoms with Crippen LogP contribution in [0.3, 0.4) is 0 Å². The van der Waals surface area contributed by atoms with E-state index in [1.54, 1.807) is 12.3 Å². The highest BCUT2D eigenvalue weighted by Crippen LogP contribution is 2.29. The van der Waals surface area contributed by atoms with Crippen molar-refractivity contribution >= 4 is 23.7 Å². The van der Waals surface area contributed by atoms with E-state index in [-0.39, 0.29) is 11.7 Å². The third-order valence-electron chi connectivity index (χ3n) is 4.85. The number of benzene rings is 1. The number of nitrogens with one attached hydrogen (secondary N) is 1. The van der Waals surface area contributed by atoms with Gasteiger partial charge >= 0.3 is 0 Å². The molecule has 1 aromatic carbocycles. The number of nitrogen functional groups attached to an aromatic ring is 1. The Labute approximate surface area is 147 Å². The molecule has 0 radical (unpaired) electrons. The fourth-order valence-corrected chi connectivity index (χ4v) is 3.49. The van der Waals surface area contributed by atoms with Crippen LogP contribution in [0.2, 0.25) is 0 Å². The van der Waals surface area contributed by atoms with Crippen LogP contribution in [0, 0.1) is 12.8 Å². The van der Waals surface area contributed by atoms with Gasteiger partial charge in [0.25, 0.3) is 0 Å². The summed E-state index contributed by atoms with van der Waals surface area (Å²) >= 11 is 0. The zero-order chi connectivity index (χ0) is 17.8. The fourth-order valence-electron chi connectivity index (χ4n) is 3.49. The highest BCUT2D eigenvalue weighted by Gasteiger charge is 2.18. The van der Waals surface area contributed by atoms with Crippen LogP contribution in [0.4, 0.5) is 11.5 Å². The number of amides is 1. The summed E-state index contributed by atoms with van der Waals surface area (Å²) in [5.74, 6) is 0.839. The molecule has 1 aliphatic carbocycles. The van der Waals surface area contributed by atoms with Crippen LogP contribution in [0.25, 0.3) is 11.1 Å². The lowest BCUT2D eigenvalue weighted by Gasteiger charge is -2.12. The van der Waals surface area contributed by atoms with Crippen LogP contribution >= 0.6 is 0 Å². The van der Waals surface area contributed by atoms with E-state index in [1.807, 2.05) is 25.1 Å². The van der Waals surface area contributed by atoms with Crippen molar-refractivity contribution in [1.29, 1.82) is 0 Å².